The standard InChI is InChI=1S/C25H30N2/c1-15-17-10-8-9-11-22(17)26-14-18(15)16(2)27-23-13-20-19(25(20,6)7)12-21(23)24(3,4)5/h10-14,26-27H,1-2,8-9H2,3-7H3. The summed E-state index contributed by atoms with van der Waals surface area (Å²) in [5.74, 6) is 0. The van der Waals surface area contributed by atoms with Crippen molar-refractivity contribution in [2.24, 2.45) is 0 Å². The lowest BCUT2D eigenvalue weighted by Crippen LogP contribution is -2.21. The Labute approximate surface area is 163 Å². The van der Waals surface area contributed by atoms with E-state index >= 15 is 0 Å². The minimum Gasteiger partial charge on any atom is -0.361 e. The van der Waals surface area contributed by atoms with Crippen molar-refractivity contribution in [1.29, 1.82) is 0 Å². The van der Waals surface area contributed by atoms with Gasteiger partial charge in [0, 0.05) is 39.8 Å². The van der Waals surface area contributed by atoms with Crippen molar-refractivity contribution >= 4 is 5.69 Å². The lowest BCUT2D eigenvalue weighted by Gasteiger charge is -2.28. The van der Waals surface area contributed by atoms with Crippen molar-refractivity contribution in [3.05, 3.63) is 88.4 Å². The maximum Gasteiger partial charge on any atom is 0.0425 e. The molecule has 2 nitrogen and oxygen atoms in total. The molecule has 2 aliphatic carbocycles. The fraction of sp³-hybridized carbons (Fsp3) is 0.360. The molecule has 27 heavy (non-hydrogen) atoms. The Morgan fingerprint density at radius 1 is 1.11 bits per heavy atom. The molecule has 2 N–H and O–H groups in total. The molecule has 140 valence electrons. The number of hydrogen-bond acceptors (Lipinski definition) is 2. The van der Waals surface area contributed by atoms with Crippen LogP contribution in [-0.2, 0) is 10.8 Å². The van der Waals surface area contributed by atoms with E-state index in [1.807, 2.05) is 6.20 Å². The lowest BCUT2D eigenvalue weighted by molar-refractivity contribution is 0.592. The van der Waals surface area contributed by atoms with Crippen molar-refractivity contribution in [1.82, 2.24) is 5.32 Å². The van der Waals surface area contributed by atoms with Crippen molar-refractivity contribution in [3.63, 3.8) is 0 Å². The van der Waals surface area contributed by atoms with Crippen molar-refractivity contribution in [2.75, 3.05) is 5.32 Å². The van der Waals surface area contributed by atoms with Crippen LogP contribution in [0.3, 0.4) is 0 Å². The Bertz CT molecular complexity index is 959. The quantitative estimate of drug-likeness (QED) is 0.672. The van der Waals surface area contributed by atoms with Gasteiger partial charge in [-0.1, -0.05) is 66.0 Å². The predicted molar refractivity (Wildman–Crippen MR) is 116 cm³/mol. The Morgan fingerprint density at radius 3 is 2.48 bits per heavy atom. The first-order chi connectivity index (χ1) is 12.6. The molecule has 0 saturated carbocycles. The minimum absolute atomic E-state index is 0.0638. The average Bonchev–Trinajstić information content (AvgIpc) is 3.14. The van der Waals surface area contributed by atoms with Crippen LogP contribution in [-0.4, -0.2) is 0 Å². The summed E-state index contributed by atoms with van der Waals surface area (Å²) in [4.78, 5) is 0. The highest BCUT2D eigenvalue weighted by molar-refractivity contribution is 5.73. The zero-order chi connectivity index (χ0) is 19.6. The summed E-state index contributed by atoms with van der Waals surface area (Å²) in [5.41, 5.74) is 11.0. The number of fused-ring (bicyclic) bond motifs is 2. The van der Waals surface area contributed by atoms with Gasteiger partial charge in [-0.3, -0.25) is 0 Å². The first kappa shape index (κ1) is 17.9. The molecular formula is C25H30N2. The number of anilines is 1. The number of nitrogens with one attached hydrogen (secondary N) is 2. The third-order valence-electron chi connectivity index (χ3n) is 6.04. The van der Waals surface area contributed by atoms with Gasteiger partial charge < -0.3 is 10.6 Å². The van der Waals surface area contributed by atoms with Gasteiger partial charge in [0.15, 0.2) is 0 Å². The van der Waals surface area contributed by atoms with E-state index in [-0.39, 0.29) is 10.8 Å². The van der Waals surface area contributed by atoms with E-state index in [2.05, 4.69) is 82.7 Å². The fourth-order valence-corrected chi connectivity index (χ4v) is 4.19. The van der Waals surface area contributed by atoms with Crippen LogP contribution in [0, 0.1) is 0 Å². The van der Waals surface area contributed by atoms with E-state index in [9.17, 15) is 0 Å². The third kappa shape index (κ3) is 2.88. The van der Waals surface area contributed by atoms with Crippen molar-refractivity contribution in [3.8, 4) is 0 Å². The van der Waals surface area contributed by atoms with Crippen LogP contribution in [0.4, 0.5) is 5.69 Å². The van der Waals surface area contributed by atoms with Crippen molar-refractivity contribution < 1.29 is 0 Å². The van der Waals surface area contributed by atoms with Crippen LogP contribution in [0.15, 0.2) is 71.8 Å². The van der Waals surface area contributed by atoms with E-state index in [1.165, 1.54) is 28.0 Å². The monoisotopic (exact) mass is 358 g/mol. The Morgan fingerprint density at radius 2 is 1.78 bits per heavy atom. The average molecular weight is 359 g/mol. The van der Waals surface area contributed by atoms with Gasteiger partial charge in [-0.05, 0) is 46.6 Å². The van der Waals surface area contributed by atoms with Gasteiger partial charge in [0.1, 0.15) is 0 Å². The van der Waals surface area contributed by atoms with Gasteiger partial charge in [0.05, 0.1) is 0 Å². The molecule has 0 aromatic heterocycles. The molecule has 1 aromatic rings. The first-order valence-corrected chi connectivity index (χ1v) is 9.83. The van der Waals surface area contributed by atoms with Crippen LogP contribution in [0.1, 0.15) is 64.2 Å². The highest BCUT2D eigenvalue weighted by atomic mass is 14.9. The normalized spacial score (nSPS) is 19.7. The summed E-state index contributed by atoms with van der Waals surface area (Å²) in [6.07, 6.45) is 8.70. The van der Waals surface area contributed by atoms with E-state index in [0.29, 0.717) is 0 Å². The summed E-state index contributed by atoms with van der Waals surface area (Å²) in [7, 11) is 0. The SMILES string of the molecule is C=C(Nc1cc2c(cc1C(C)(C)C)C2(C)C)C1=CNC2=CCCC=C2C1=C. The molecule has 1 aromatic carbocycles. The number of hydrogen-bond donors (Lipinski definition) is 2. The third-order valence-corrected chi connectivity index (χ3v) is 6.04. The van der Waals surface area contributed by atoms with Crippen LogP contribution < -0.4 is 10.6 Å². The van der Waals surface area contributed by atoms with Gasteiger partial charge in [-0.15, -0.1) is 0 Å². The molecule has 0 fully saturated rings. The smallest absolute Gasteiger partial charge is 0.0425 e. The van der Waals surface area contributed by atoms with E-state index < -0.39 is 0 Å². The predicted octanol–water partition coefficient (Wildman–Crippen LogP) is 6.20. The van der Waals surface area contributed by atoms with E-state index in [4.69, 9.17) is 0 Å². The second-order valence-corrected chi connectivity index (χ2v) is 9.42. The second-order valence-electron chi connectivity index (χ2n) is 9.42. The lowest BCUT2D eigenvalue weighted by atomic mass is 9.85. The maximum atomic E-state index is 4.35. The molecule has 1 heterocycles. The zero-order valence-electron chi connectivity index (χ0n) is 17.2. The highest BCUT2D eigenvalue weighted by Crippen LogP contribution is 2.53. The maximum absolute atomic E-state index is 4.35. The fourth-order valence-electron chi connectivity index (χ4n) is 4.19. The summed E-state index contributed by atoms with van der Waals surface area (Å²) in [6, 6.07) is 4.68. The Kier molecular flexibility index (Phi) is 3.82. The molecule has 1 aliphatic heterocycles. The van der Waals surface area contributed by atoms with Gasteiger partial charge in [-0.25, -0.2) is 0 Å². The molecule has 0 radical (unpaired) electrons. The van der Waals surface area contributed by atoms with E-state index in [1.54, 1.807) is 0 Å². The van der Waals surface area contributed by atoms with Crippen LogP contribution in [0.5, 0.6) is 0 Å². The second kappa shape index (κ2) is 5.76. The topological polar surface area (TPSA) is 24.1 Å². The van der Waals surface area contributed by atoms with Gasteiger partial charge in [0.25, 0.3) is 0 Å². The Balaban J connectivity index is 1.66. The molecule has 3 aliphatic rings. The van der Waals surface area contributed by atoms with Gasteiger partial charge >= 0.3 is 0 Å². The van der Waals surface area contributed by atoms with Crippen LogP contribution >= 0.6 is 0 Å². The number of rotatable bonds is 3. The molecule has 4 rings (SSSR count). The summed E-state index contributed by atoms with van der Waals surface area (Å²) >= 11 is 0. The molecule has 0 bridgehead atoms. The largest absolute Gasteiger partial charge is 0.361 e. The minimum atomic E-state index is 0.0638. The molecule has 0 spiro atoms. The zero-order valence-corrected chi connectivity index (χ0v) is 17.2. The van der Waals surface area contributed by atoms with Gasteiger partial charge in [0.2, 0.25) is 0 Å². The molecule has 2 heteroatoms. The molecule has 0 amide bonds. The first-order valence-electron chi connectivity index (χ1n) is 9.83. The number of benzene rings is 1. The summed E-state index contributed by atoms with van der Waals surface area (Å²) in [6.45, 7) is 20.1. The van der Waals surface area contributed by atoms with Crippen LogP contribution in [0.2, 0.25) is 0 Å². The molecule has 0 saturated heterocycles. The summed E-state index contributed by atoms with van der Waals surface area (Å²) in [5, 5.41) is 7.03. The van der Waals surface area contributed by atoms with Crippen molar-refractivity contribution in [2.45, 2.75) is 58.3 Å². The van der Waals surface area contributed by atoms with Crippen LogP contribution in [0.25, 0.3) is 0 Å². The summed E-state index contributed by atoms with van der Waals surface area (Å²) < 4.78 is 0. The number of allylic oxidation sites excluding steroid dienone is 4. The molecule has 0 atom stereocenters. The Hall–Kier alpha value is -2.48. The molecular weight excluding hydrogens is 328 g/mol. The van der Waals surface area contributed by atoms with E-state index in [0.717, 1.165) is 35.4 Å². The highest BCUT2D eigenvalue weighted by Gasteiger charge is 2.43. The van der Waals surface area contributed by atoms with Gasteiger partial charge in [-0.2, -0.15) is 0 Å². The molecule has 0 unspecified atom stereocenters.